The number of hydrogen-bond donors (Lipinski definition) is 2. The lowest BCUT2D eigenvalue weighted by Gasteiger charge is -2.34. The highest BCUT2D eigenvalue weighted by Crippen LogP contribution is 2.32. The first-order valence-electron chi connectivity index (χ1n) is 13.4. The van der Waals surface area contributed by atoms with Gasteiger partial charge in [0.05, 0.1) is 17.3 Å². The van der Waals surface area contributed by atoms with E-state index in [-0.39, 0.29) is 24.7 Å². The molecule has 1 fully saturated rings. The predicted octanol–water partition coefficient (Wildman–Crippen LogP) is 4.74. The monoisotopic (exact) mass is 611 g/mol. The minimum absolute atomic E-state index is 0.0871. The quantitative estimate of drug-likeness (QED) is 0.205. The molecule has 0 spiro atoms. The summed E-state index contributed by atoms with van der Waals surface area (Å²) in [6, 6.07) is 10.5. The molecule has 0 bridgehead atoms. The van der Waals surface area contributed by atoms with Crippen LogP contribution in [0.25, 0.3) is 22.5 Å². The first-order chi connectivity index (χ1) is 20.8. The van der Waals surface area contributed by atoms with Gasteiger partial charge in [-0.25, -0.2) is 14.5 Å². The van der Waals surface area contributed by atoms with Gasteiger partial charge in [0, 0.05) is 42.5 Å². The zero-order chi connectivity index (χ0) is 30.5. The van der Waals surface area contributed by atoms with Crippen LogP contribution in [0, 0.1) is 0 Å². The molecule has 2 aromatic heterocycles. The van der Waals surface area contributed by atoms with Gasteiger partial charge in [0.1, 0.15) is 12.9 Å². The van der Waals surface area contributed by atoms with Crippen molar-refractivity contribution in [3.8, 4) is 22.5 Å². The van der Waals surface area contributed by atoms with Gasteiger partial charge in [0.2, 0.25) is 0 Å². The molecule has 5 rings (SSSR count). The van der Waals surface area contributed by atoms with Crippen molar-refractivity contribution in [2.45, 2.75) is 25.9 Å². The Labute approximate surface area is 250 Å². The van der Waals surface area contributed by atoms with E-state index in [9.17, 15) is 18.4 Å². The molecule has 1 saturated heterocycles. The molecule has 3 heterocycles. The molecular formula is C28H28ClF2N9O3. The van der Waals surface area contributed by atoms with Crippen molar-refractivity contribution < 1.29 is 23.1 Å². The van der Waals surface area contributed by atoms with Crippen molar-refractivity contribution in [1.82, 2.24) is 34.8 Å². The van der Waals surface area contributed by atoms with E-state index in [4.69, 9.17) is 22.1 Å². The van der Waals surface area contributed by atoms with Crippen molar-refractivity contribution in [2.24, 2.45) is 10.7 Å². The third-order valence-electron chi connectivity index (χ3n) is 6.89. The third kappa shape index (κ3) is 6.48. The second-order valence-corrected chi connectivity index (χ2v) is 9.99. The van der Waals surface area contributed by atoms with Crippen LogP contribution in [0.4, 0.5) is 13.6 Å². The summed E-state index contributed by atoms with van der Waals surface area (Å²) in [7, 11) is 0. The van der Waals surface area contributed by atoms with Gasteiger partial charge in [-0.15, -0.1) is 0 Å². The standard InChI is InChI=1S/C28H28ClF2N9O3/c1-2-33-27(32)40(25(41)18-6-4-17(5-7-18)20-13-36-39(14-20)26(30)31)23(15-43-28(42)38-10-3-11-38)19-8-9-22(29)21(12-19)24-34-16-35-37-24/h4-9,12-14,16,23,26H,2-3,10-11,15H2,1H3,(H2,32,33)(H,34,35,37)/t23-/m1/s1. The van der Waals surface area contributed by atoms with E-state index in [2.05, 4.69) is 25.3 Å². The lowest BCUT2D eigenvalue weighted by Crippen LogP contribution is -2.47. The van der Waals surface area contributed by atoms with Gasteiger partial charge >= 0.3 is 12.6 Å². The number of H-pyrrole nitrogens is 1. The van der Waals surface area contributed by atoms with Gasteiger partial charge in [-0.3, -0.25) is 19.8 Å². The smallest absolute Gasteiger partial charge is 0.409 e. The number of ether oxygens (including phenoxy) is 1. The van der Waals surface area contributed by atoms with Crippen LogP contribution >= 0.6 is 11.6 Å². The number of likely N-dealkylation sites (tertiary alicyclic amines) is 1. The Bertz CT molecular complexity index is 1610. The van der Waals surface area contributed by atoms with Gasteiger partial charge < -0.3 is 15.4 Å². The van der Waals surface area contributed by atoms with Gasteiger partial charge in [0.15, 0.2) is 11.8 Å². The van der Waals surface area contributed by atoms with E-state index in [1.807, 2.05) is 0 Å². The fourth-order valence-electron chi connectivity index (χ4n) is 4.51. The second-order valence-electron chi connectivity index (χ2n) is 9.58. The Balaban J connectivity index is 1.51. The number of carbonyl (C=O) groups is 2. The SMILES string of the molecule is CCN=C(N)N(C(=O)c1ccc(-c2cnn(C(F)F)c2)cc1)[C@H](COC(=O)N1CCC1)c1ccc(Cl)c(-c2ncn[nH]2)c1. The zero-order valence-electron chi connectivity index (χ0n) is 23.0. The lowest BCUT2D eigenvalue weighted by atomic mass is 10.0. The topological polar surface area (TPSA) is 148 Å². The summed E-state index contributed by atoms with van der Waals surface area (Å²) in [4.78, 5) is 38.1. The number of rotatable bonds is 9. The number of aromatic amines is 1. The molecule has 0 aliphatic carbocycles. The lowest BCUT2D eigenvalue weighted by molar-refractivity contribution is 0.0541. The van der Waals surface area contributed by atoms with Gasteiger partial charge in [-0.2, -0.15) is 19.0 Å². The minimum Gasteiger partial charge on any atom is -0.447 e. The third-order valence-corrected chi connectivity index (χ3v) is 7.22. The number of nitrogens with zero attached hydrogens (tertiary/aromatic N) is 7. The summed E-state index contributed by atoms with van der Waals surface area (Å²) >= 11 is 6.47. The normalized spacial score (nSPS) is 14.0. The Hall–Kier alpha value is -4.85. The first kappa shape index (κ1) is 29.6. The highest BCUT2D eigenvalue weighted by atomic mass is 35.5. The van der Waals surface area contributed by atoms with E-state index < -0.39 is 24.6 Å². The second kappa shape index (κ2) is 13.0. The van der Waals surface area contributed by atoms with Crippen LogP contribution in [-0.4, -0.2) is 79.0 Å². The molecule has 3 N–H and O–H groups in total. The molecule has 15 heteroatoms. The molecule has 1 atom stereocenters. The van der Waals surface area contributed by atoms with Gasteiger partial charge in [-0.1, -0.05) is 29.8 Å². The maximum absolute atomic E-state index is 14.1. The van der Waals surface area contributed by atoms with Crippen molar-refractivity contribution in [3.63, 3.8) is 0 Å². The number of nitrogens with one attached hydrogen (secondary N) is 1. The molecule has 0 unspecified atom stereocenters. The van der Waals surface area contributed by atoms with Crippen molar-refractivity contribution in [1.29, 1.82) is 0 Å². The predicted molar refractivity (Wildman–Crippen MR) is 154 cm³/mol. The van der Waals surface area contributed by atoms with E-state index in [1.165, 1.54) is 23.6 Å². The highest BCUT2D eigenvalue weighted by molar-refractivity contribution is 6.33. The van der Waals surface area contributed by atoms with Gasteiger partial charge in [-0.05, 0) is 48.7 Å². The number of carbonyl (C=O) groups excluding carboxylic acids is 2. The van der Waals surface area contributed by atoms with Crippen LogP contribution in [0.1, 0.15) is 41.9 Å². The summed E-state index contributed by atoms with van der Waals surface area (Å²) < 4.78 is 32.2. The van der Waals surface area contributed by atoms with Crippen LogP contribution in [0.15, 0.2) is 66.2 Å². The van der Waals surface area contributed by atoms with Crippen LogP contribution in [0.5, 0.6) is 0 Å². The van der Waals surface area contributed by atoms with Crippen LogP contribution < -0.4 is 5.73 Å². The minimum atomic E-state index is -2.77. The highest BCUT2D eigenvalue weighted by Gasteiger charge is 2.32. The molecular weight excluding hydrogens is 584 g/mol. The number of benzene rings is 2. The number of aliphatic imine (C=N–C) groups is 1. The number of halogens is 3. The van der Waals surface area contributed by atoms with Gasteiger partial charge in [0.25, 0.3) is 5.91 Å². The summed E-state index contributed by atoms with van der Waals surface area (Å²) in [5, 5.41) is 10.7. The van der Waals surface area contributed by atoms with E-state index in [0.29, 0.717) is 50.9 Å². The molecule has 43 heavy (non-hydrogen) atoms. The van der Waals surface area contributed by atoms with E-state index >= 15 is 0 Å². The Kier molecular flexibility index (Phi) is 8.95. The van der Waals surface area contributed by atoms with Crippen molar-refractivity contribution in [3.05, 3.63) is 77.3 Å². The number of guanidine groups is 1. The first-order valence-corrected chi connectivity index (χ1v) is 13.8. The maximum Gasteiger partial charge on any atom is 0.409 e. The summed E-state index contributed by atoms with van der Waals surface area (Å²) in [5.41, 5.74) is 8.73. The van der Waals surface area contributed by atoms with E-state index in [0.717, 1.165) is 6.42 Å². The van der Waals surface area contributed by atoms with Crippen LogP contribution in [0.2, 0.25) is 5.02 Å². The molecule has 1 aliphatic heterocycles. The van der Waals surface area contributed by atoms with Crippen LogP contribution in [-0.2, 0) is 4.74 Å². The zero-order valence-corrected chi connectivity index (χ0v) is 23.8. The van der Waals surface area contributed by atoms with E-state index in [1.54, 1.807) is 54.3 Å². The summed E-state index contributed by atoms with van der Waals surface area (Å²) in [6.45, 7) is 0.229. The average Bonchev–Trinajstić information content (AvgIpc) is 3.68. The van der Waals surface area contributed by atoms with Crippen molar-refractivity contribution >= 4 is 29.6 Å². The largest absolute Gasteiger partial charge is 0.447 e. The fraction of sp³-hybridized carbons (Fsp3) is 0.286. The Morgan fingerprint density at radius 2 is 1.95 bits per heavy atom. The molecule has 0 radical (unpaired) electrons. The van der Waals surface area contributed by atoms with Crippen molar-refractivity contribution in [2.75, 3.05) is 26.2 Å². The number of amides is 2. The molecule has 224 valence electrons. The summed E-state index contributed by atoms with van der Waals surface area (Å²) in [5.74, 6) is -0.205. The molecule has 0 saturated carbocycles. The average molecular weight is 612 g/mol. The molecule has 12 nitrogen and oxygen atoms in total. The molecule has 1 aliphatic rings. The number of aromatic nitrogens is 5. The Morgan fingerprint density at radius 3 is 2.56 bits per heavy atom. The maximum atomic E-state index is 14.1. The number of alkyl halides is 2. The number of nitrogens with two attached hydrogens (primary N) is 1. The molecule has 4 aromatic rings. The van der Waals surface area contributed by atoms with Crippen LogP contribution in [0.3, 0.4) is 0 Å². The Morgan fingerprint density at radius 1 is 1.19 bits per heavy atom. The molecule has 2 aromatic carbocycles. The molecule has 2 amide bonds. The summed E-state index contributed by atoms with van der Waals surface area (Å²) in [6.07, 6.45) is 4.25. The number of hydrogen-bond acceptors (Lipinski definition) is 7. The fourth-order valence-corrected chi connectivity index (χ4v) is 4.72.